The summed E-state index contributed by atoms with van der Waals surface area (Å²) in [6.45, 7) is 1.18. The average molecular weight is 421 g/mol. The lowest BCUT2D eigenvalue weighted by Gasteiger charge is -2.20. The summed E-state index contributed by atoms with van der Waals surface area (Å²) in [5.74, 6) is -0.285. The highest BCUT2D eigenvalue weighted by Crippen LogP contribution is 2.33. The molecule has 0 aliphatic carbocycles. The van der Waals surface area contributed by atoms with E-state index in [1.165, 1.54) is 6.07 Å². The van der Waals surface area contributed by atoms with E-state index in [9.17, 15) is 4.39 Å². The average Bonchev–Trinajstić information content (AvgIpc) is 2.83. The minimum atomic E-state index is -0.285. The number of halogens is 3. The van der Waals surface area contributed by atoms with Gasteiger partial charge in [0, 0.05) is 7.11 Å². The van der Waals surface area contributed by atoms with Crippen LogP contribution < -0.4 is 5.32 Å². The van der Waals surface area contributed by atoms with E-state index >= 15 is 0 Å². The van der Waals surface area contributed by atoms with E-state index in [-0.39, 0.29) is 11.9 Å². The highest BCUT2D eigenvalue weighted by atomic mass is 79.9. The third kappa shape index (κ3) is 3.53. The Morgan fingerprint density at radius 1 is 1.43 bits per heavy atom. The first-order valence-corrected chi connectivity index (χ1v) is 8.00. The molecule has 2 aromatic rings. The van der Waals surface area contributed by atoms with Gasteiger partial charge in [0.25, 0.3) is 0 Å². The Labute approximate surface area is 139 Å². The second-order valence-corrected chi connectivity index (χ2v) is 6.11. The summed E-state index contributed by atoms with van der Waals surface area (Å²) in [4.78, 5) is 0. The van der Waals surface area contributed by atoms with Gasteiger partial charge in [-0.25, -0.2) is 4.39 Å². The number of methoxy groups -OCH3 is 1. The molecule has 0 fully saturated rings. The topological polar surface area (TPSA) is 39.1 Å². The fourth-order valence-corrected chi connectivity index (χ4v) is 3.22. The normalized spacial score (nSPS) is 12.6. The minimum absolute atomic E-state index is 0.191. The van der Waals surface area contributed by atoms with Crippen LogP contribution in [0.15, 0.2) is 33.3 Å². The highest BCUT2D eigenvalue weighted by Gasteiger charge is 2.23. The molecule has 1 heterocycles. The molecule has 2 rings (SSSR count). The zero-order valence-corrected chi connectivity index (χ0v) is 14.9. The van der Waals surface area contributed by atoms with E-state index in [4.69, 9.17) is 4.74 Å². The molecule has 1 aromatic heterocycles. The summed E-state index contributed by atoms with van der Waals surface area (Å²) >= 11 is 6.84. The van der Waals surface area contributed by atoms with Crippen molar-refractivity contribution in [1.29, 1.82) is 0 Å². The number of nitrogens with one attached hydrogen (secondary N) is 1. The maximum atomic E-state index is 13.8. The molecule has 0 radical (unpaired) electrons. The predicted molar refractivity (Wildman–Crippen MR) is 86.8 cm³/mol. The third-order valence-corrected chi connectivity index (χ3v) is 4.64. The molecule has 1 aromatic carbocycles. The molecule has 0 amide bonds. The molecule has 0 aliphatic heterocycles. The number of benzene rings is 1. The van der Waals surface area contributed by atoms with Crippen molar-refractivity contribution in [3.05, 3.63) is 50.4 Å². The summed E-state index contributed by atoms with van der Waals surface area (Å²) in [5.41, 5.74) is 1.75. The molecule has 0 aliphatic rings. The highest BCUT2D eigenvalue weighted by molar-refractivity contribution is 9.10. The molecule has 1 N–H and O–H groups in total. The second-order valence-electron chi connectivity index (χ2n) is 4.46. The summed E-state index contributed by atoms with van der Waals surface area (Å²) in [7, 11) is 3.49. The number of aromatic nitrogens is 2. The zero-order valence-electron chi connectivity index (χ0n) is 11.7. The van der Waals surface area contributed by atoms with E-state index < -0.39 is 0 Å². The van der Waals surface area contributed by atoms with Gasteiger partial charge in [0.15, 0.2) is 0 Å². The van der Waals surface area contributed by atoms with Gasteiger partial charge in [-0.05, 0) is 50.5 Å². The minimum Gasteiger partial charge on any atom is -0.383 e. The van der Waals surface area contributed by atoms with Crippen molar-refractivity contribution < 1.29 is 9.13 Å². The van der Waals surface area contributed by atoms with Crippen LogP contribution in [0.1, 0.15) is 17.3 Å². The summed E-state index contributed by atoms with van der Waals surface area (Å²) < 4.78 is 22.1. The first-order valence-electron chi connectivity index (χ1n) is 6.41. The van der Waals surface area contributed by atoms with Crippen molar-refractivity contribution in [2.45, 2.75) is 12.6 Å². The van der Waals surface area contributed by atoms with Crippen LogP contribution in [0.25, 0.3) is 0 Å². The fraction of sp³-hybridized carbons (Fsp3) is 0.357. The van der Waals surface area contributed by atoms with Gasteiger partial charge in [-0.1, -0.05) is 12.1 Å². The van der Waals surface area contributed by atoms with E-state index in [0.29, 0.717) is 17.6 Å². The van der Waals surface area contributed by atoms with E-state index in [1.54, 1.807) is 19.4 Å². The molecule has 114 valence electrons. The Kier molecular flexibility index (Phi) is 5.92. The van der Waals surface area contributed by atoms with Crippen LogP contribution in [0.4, 0.5) is 4.39 Å². The zero-order chi connectivity index (χ0) is 15.4. The van der Waals surface area contributed by atoms with Crippen molar-refractivity contribution in [3.8, 4) is 0 Å². The number of nitrogens with zero attached hydrogens (tertiary/aromatic N) is 2. The lowest BCUT2D eigenvalue weighted by atomic mass is 10.0. The maximum absolute atomic E-state index is 13.8. The maximum Gasteiger partial charge on any atom is 0.137 e. The molecular formula is C14H16Br2FN3O. The number of hydrogen-bond donors (Lipinski definition) is 1. The molecule has 4 nitrogen and oxygen atoms in total. The lowest BCUT2D eigenvalue weighted by molar-refractivity contribution is 0.182. The van der Waals surface area contributed by atoms with E-state index in [0.717, 1.165) is 15.7 Å². The van der Waals surface area contributed by atoms with Crippen molar-refractivity contribution in [2.75, 3.05) is 20.8 Å². The predicted octanol–water partition coefficient (Wildman–Crippen LogP) is 3.50. The molecule has 0 bridgehead atoms. The Bertz CT molecular complexity index is 618. The van der Waals surface area contributed by atoms with Crippen LogP contribution in [0.2, 0.25) is 0 Å². The third-order valence-electron chi connectivity index (χ3n) is 3.20. The van der Waals surface area contributed by atoms with Gasteiger partial charge in [-0.15, -0.1) is 0 Å². The monoisotopic (exact) mass is 419 g/mol. The van der Waals surface area contributed by atoms with Gasteiger partial charge in [0.05, 0.1) is 40.0 Å². The molecule has 0 saturated heterocycles. The van der Waals surface area contributed by atoms with Gasteiger partial charge in [-0.3, -0.25) is 4.68 Å². The Morgan fingerprint density at radius 3 is 2.86 bits per heavy atom. The summed E-state index contributed by atoms with van der Waals surface area (Å²) in [6.07, 6.45) is 1.74. The van der Waals surface area contributed by atoms with Gasteiger partial charge < -0.3 is 10.1 Å². The van der Waals surface area contributed by atoms with Gasteiger partial charge in [0.1, 0.15) is 5.82 Å². The largest absolute Gasteiger partial charge is 0.383 e. The summed E-state index contributed by atoms with van der Waals surface area (Å²) in [6, 6.07) is 4.82. The molecule has 0 saturated carbocycles. The second kappa shape index (κ2) is 7.49. The lowest BCUT2D eigenvalue weighted by Crippen LogP contribution is -2.23. The van der Waals surface area contributed by atoms with Crippen LogP contribution >= 0.6 is 31.9 Å². The van der Waals surface area contributed by atoms with Gasteiger partial charge in [0.2, 0.25) is 0 Å². The first-order chi connectivity index (χ1) is 10.1. The molecule has 7 heteroatoms. The van der Waals surface area contributed by atoms with Crippen molar-refractivity contribution in [3.63, 3.8) is 0 Å². The van der Waals surface area contributed by atoms with Crippen LogP contribution in [-0.2, 0) is 11.3 Å². The molecular weight excluding hydrogens is 405 g/mol. The van der Waals surface area contributed by atoms with Crippen LogP contribution in [-0.4, -0.2) is 30.5 Å². The van der Waals surface area contributed by atoms with E-state index in [2.05, 4.69) is 42.3 Å². The Morgan fingerprint density at radius 2 is 2.19 bits per heavy atom. The van der Waals surface area contributed by atoms with Gasteiger partial charge in [-0.2, -0.15) is 5.10 Å². The summed E-state index contributed by atoms with van der Waals surface area (Å²) in [5, 5.41) is 7.56. The number of ether oxygens (including phenoxy) is 1. The van der Waals surface area contributed by atoms with Crippen molar-refractivity contribution in [1.82, 2.24) is 15.1 Å². The van der Waals surface area contributed by atoms with Gasteiger partial charge >= 0.3 is 0 Å². The Hall–Kier alpha value is -0.760. The van der Waals surface area contributed by atoms with E-state index in [1.807, 2.05) is 17.8 Å². The van der Waals surface area contributed by atoms with Crippen molar-refractivity contribution >= 4 is 31.9 Å². The van der Waals surface area contributed by atoms with Crippen LogP contribution in [0.5, 0.6) is 0 Å². The fourth-order valence-electron chi connectivity index (χ4n) is 2.20. The standard InChI is InChI=1S/C14H16Br2FN3O/c1-18-13(9-4-3-5-11(17)12(9)16)14-10(15)8-19-20(14)6-7-21-2/h3-5,8,13,18H,6-7H2,1-2H3. The molecule has 1 atom stereocenters. The molecule has 1 unspecified atom stereocenters. The van der Waals surface area contributed by atoms with Crippen molar-refractivity contribution in [2.24, 2.45) is 0 Å². The SMILES string of the molecule is CNC(c1cccc(F)c1Br)c1c(Br)cnn1CCOC. The number of rotatable bonds is 6. The smallest absolute Gasteiger partial charge is 0.137 e. The first kappa shape index (κ1) is 16.6. The molecule has 21 heavy (non-hydrogen) atoms. The Balaban J connectivity index is 2.46. The number of hydrogen-bond acceptors (Lipinski definition) is 3. The quantitative estimate of drug-likeness (QED) is 0.777. The van der Waals surface area contributed by atoms with Crippen LogP contribution in [0.3, 0.4) is 0 Å². The van der Waals surface area contributed by atoms with Crippen LogP contribution in [0, 0.1) is 5.82 Å². The molecule has 0 spiro atoms.